The quantitative estimate of drug-likeness (QED) is 0.613. The number of aromatic nitrogens is 3. The zero-order chi connectivity index (χ0) is 16.5. The minimum absolute atomic E-state index is 0.242. The lowest BCUT2D eigenvalue weighted by Crippen LogP contribution is -2.12. The van der Waals surface area contributed by atoms with E-state index in [2.05, 4.69) is 9.97 Å². The normalized spacial score (nSPS) is 12.4. The fraction of sp³-hybridized carbons (Fsp3) is 0.105. The van der Waals surface area contributed by atoms with E-state index in [9.17, 15) is 4.39 Å². The van der Waals surface area contributed by atoms with Crippen LogP contribution in [0.1, 0.15) is 17.2 Å². The maximum absolute atomic E-state index is 14.5. The molecule has 2 aromatic carbocycles. The Morgan fingerprint density at radius 2 is 2.04 bits per heavy atom. The first-order valence-corrected chi connectivity index (χ1v) is 7.65. The lowest BCUT2D eigenvalue weighted by Gasteiger charge is -2.19. The number of aromatic amines is 1. The Hall–Kier alpha value is -3.08. The van der Waals surface area contributed by atoms with E-state index in [-0.39, 0.29) is 11.9 Å². The fourth-order valence-corrected chi connectivity index (χ4v) is 3.08. The van der Waals surface area contributed by atoms with Crippen LogP contribution in [0.15, 0.2) is 67.4 Å². The van der Waals surface area contributed by atoms with Crippen molar-refractivity contribution in [3.63, 3.8) is 0 Å². The SMILES string of the molecule is COc1ccc2[nH]cc(C(c3ccccc3F)n3ccnc3)c2c1. The average Bonchev–Trinajstić information content (AvgIpc) is 3.27. The summed E-state index contributed by atoms with van der Waals surface area (Å²) in [6, 6.07) is 12.3. The minimum atomic E-state index is -0.311. The summed E-state index contributed by atoms with van der Waals surface area (Å²) in [7, 11) is 1.64. The number of halogens is 1. The second-order valence-corrected chi connectivity index (χ2v) is 5.59. The Morgan fingerprint density at radius 1 is 1.17 bits per heavy atom. The summed E-state index contributed by atoms with van der Waals surface area (Å²) in [5, 5.41) is 0.997. The molecule has 0 aliphatic heterocycles. The molecular formula is C19H16FN3O. The van der Waals surface area contributed by atoms with Crippen molar-refractivity contribution in [2.24, 2.45) is 0 Å². The van der Waals surface area contributed by atoms with Crippen molar-refractivity contribution in [2.45, 2.75) is 6.04 Å². The van der Waals surface area contributed by atoms with Gasteiger partial charge in [-0.2, -0.15) is 0 Å². The van der Waals surface area contributed by atoms with Crippen LogP contribution in [-0.2, 0) is 0 Å². The monoisotopic (exact) mass is 321 g/mol. The van der Waals surface area contributed by atoms with Crippen LogP contribution in [0.4, 0.5) is 4.39 Å². The number of rotatable bonds is 4. The predicted molar refractivity (Wildman–Crippen MR) is 90.7 cm³/mol. The third-order valence-corrected chi connectivity index (χ3v) is 4.24. The van der Waals surface area contributed by atoms with Gasteiger partial charge in [-0.1, -0.05) is 18.2 Å². The zero-order valence-electron chi connectivity index (χ0n) is 13.1. The van der Waals surface area contributed by atoms with Gasteiger partial charge in [-0.3, -0.25) is 0 Å². The van der Waals surface area contributed by atoms with Crippen LogP contribution < -0.4 is 4.74 Å². The molecule has 0 saturated carbocycles. The maximum atomic E-state index is 14.5. The molecule has 1 unspecified atom stereocenters. The van der Waals surface area contributed by atoms with Gasteiger partial charge in [0.15, 0.2) is 0 Å². The molecule has 0 aliphatic carbocycles. The molecule has 2 heterocycles. The van der Waals surface area contributed by atoms with Crippen molar-refractivity contribution < 1.29 is 9.13 Å². The molecule has 1 atom stereocenters. The summed E-state index contributed by atoms with van der Waals surface area (Å²) in [4.78, 5) is 7.39. The first-order valence-electron chi connectivity index (χ1n) is 7.65. The Bertz CT molecular complexity index is 975. The van der Waals surface area contributed by atoms with Crippen LogP contribution in [0, 0.1) is 5.82 Å². The number of methoxy groups -OCH3 is 1. The second-order valence-electron chi connectivity index (χ2n) is 5.59. The Morgan fingerprint density at radius 3 is 2.79 bits per heavy atom. The van der Waals surface area contributed by atoms with E-state index >= 15 is 0 Å². The molecule has 0 saturated heterocycles. The zero-order valence-corrected chi connectivity index (χ0v) is 13.1. The highest BCUT2D eigenvalue weighted by Gasteiger charge is 2.22. The fourth-order valence-electron chi connectivity index (χ4n) is 3.08. The van der Waals surface area contributed by atoms with Gasteiger partial charge in [-0.15, -0.1) is 0 Å². The van der Waals surface area contributed by atoms with Crippen molar-refractivity contribution in [3.8, 4) is 5.75 Å². The van der Waals surface area contributed by atoms with E-state index < -0.39 is 0 Å². The number of nitrogens with zero attached hydrogens (tertiary/aromatic N) is 2. The largest absolute Gasteiger partial charge is 0.497 e. The molecule has 0 radical (unpaired) electrons. The maximum Gasteiger partial charge on any atom is 0.128 e. The van der Waals surface area contributed by atoms with Gasteiger partial charge in [0.25, 0.3) is 0 Å². The van der Waals surface area contributed by atoms with Crippen LogP contribution in [0.5, 0.6) is 5.75 Å². The molecule has 0 aliphatic rings. The molecule has 5 heteroatoms. The van der Waals surface area contributed by atoms with Crippen LogP contribution in [0.25, 0.3) is 10.9 Å². The standard InChI is InChI=1S/C19H16FN3O/c1-24-13-6-7-18-15(10-13)16(11-22-18)19(23-9-8-21-12-23)14-4-2-3-5-17(14)20/h2-12,19,22H,1H3. The van der Waals surface area contributed by atoms with E-state index in [1.807, 2.05) is 41.2 Å². The van der Waals surface area contributed by atoms with Gasteiger partial charge in [0, 0.05) is 40.6 Å². The lowest BCUT2D eigenvalue weighted by molar-refractivity contribution is 0.415. The highest BCUT2D eigenvalue weighted by Crippen LogP contribution is 2.34. The molecule has 4 aromatic rings. The smallest absolute Gasteiger partial charge is 0.128 e. The molecule has 4 nitrogen and oxygen atoms in total. The number of hydrogen-bond acceptors (Lipinski definition) is 2. The van der Waals surface area contributed by atoms with E-state index in [4.69, 9.17) is 4.74 Å². The summed E-state index contributed by atoms with van der Waals surface area (Å²) in [5.41, 5.74) is 2.54. The lowest BCUT2D eigenvalue weighted by atomic mass is 9.97. The summed E-state index contributed by atoms with van der Waals surface area (Å²) in [6.45, 7) is 0. The molecule has 1 N–H and O–H groups in total. The van der Waals surface area contributed by atoms with Crippen LogP contribution >= 0.6 is 0 Å². The second kappa shape index (κ2) is 5.85. The van der Waals surface area contributed by atoms with E-state index in [1.54, 1.807) is 31.8 Å². The number of imidazole rings is 1. The van der Waals surface area contributed by atoms with Gasteiger partial charge in [-0.05, 0) is 24.3 Å². The topological polar surface area (TPSA) is 42.8 Å². The van der Waals surface area contributed by atoms with Gasteiger partial charge in [-0.25, -0.2) is 9.37 Å². The number of ether oxygens (including phenoxy) is 1. The molecule has 120 valence electrons. The van der Waals surface area contributed by atoms with Crippen molar-refractivity contribution >= 4 is 10.9 Å². The summed E-state index contributed by atoms with van der Waals surface area (Å²) >= 11 is 0. The third-order valence-electron chi connectivity index (χ3n) is 4.24. The van der Waals surface area contributed by atoms with Crippen molar-refractivity contribution in [2.75, 3.05) is 7.11 Å². The number of hydrogen-bond donors (Lipinski definition) is 1. The number of benzene rings is 2. The van der Waals surface area contributed by atoms with E-state index in [0.717, 1.165) is 22.2 Å². The molecule has 24 heavy (non-hydrogen) atoms. The first kappa shape index (κ1) is 14.5. The van der Waals surface area contributed by atoms with E-state index in [1.165, 1.54) is 6.07 Å². The minimum Gasteiger partial charge on any atom is -0.497 e. The van der Waals surface area contributed by atoms with Crippen molar-refractivity contribution in [1.82, 2.24) is 14.5 Å². The Balaban J connectivity index is 1.96. The number of H-pyrrole nitrogens is 1. The predicted octanol–water partition coefficient (Wildman–Crippen LogP) is 4.15. The Labute approximate surface area is 138 Å². The summed E-state index contributed by atoms with van der Waals surface area (Å²) < 4.78 is 21.7. The Kier molecular flexibility index (Phi) is 3.54. The van der Waals surface area contributed by atoms with E-state index in [0.29, 0.717) is 5.56 Å². The number of fused-ring (bicyclic) bond motifs is 1. The summed E-state index contributed by atoms with van der Waals surface area (Å²) in [6.07, 6.45) is 7.16. The van der Waals surface area contributed by atoms with Gasteiger partial charge < -0.3 is 14.3 Å². The van der Waals surface area contributed by atoms with Crippen molar-refractivity contribution in [1.29, 1.82) is 0 Å². The third kappa shape index (κ3) is 2.34. The molecule has 0 bridgehead atoms. The highest BCUT2D eigenvalue weighted by molar-refractivity contribution is 5.85. The highest BCUT2D eigenvalue weighted by atomic mass is 19.1. The van der Waals surface area contributed by atoms with Gasteiger partial charge in [0.05, 0.1) is 19.5 Å². The van der Waals surface area contributed by atoms with Gasteiger partial charge in [0.2, 0.25) is 0 Å². The van der Waals surface area contributed by atoms with Gasteiger partial charge >= 0.3 is 0 Å². The molecule has 0 amide bonds. The molecule has 2 aromatic heterocycles. The molecule has 4 rings (SSSR count). The number of nitrogens with one attached hydrogen (secondary N) is 1. The molecular weight excluding hydrogens is 305 g/mol. The van der Waals surface area contributed by atoms with Crippen LogP contribution in [0.3, 0.4) is 0 Å². The van der Waals surface area contributed by atoms with Crippen molar-refractivity contribution in [3.05, 3.63) is 84.3 Å². The van der Waals surface area contributed by atoms with Crippen LogP contribution in [-0.4, -0.2) is 21.6 Å². The molecule has 0 fully saturated rings. The average molecular weight is 321 g/mol. The first-order chi connectivity index (χ1) is 11.8. The van der Waals surface area contributed by atoms with Gasteiger partial charge in [0.1, 0.15) is 11.6 Å². The van der Waals surface area contributed by atoms with Crippen LogP contribution in [0.2, 0.25) is 0 Å². The summed E-state index contributed by atoms with van der Waals surface area (Å²) in [5.74, 6) is 0.523. The molecule has 0 spiro atoms.